The van der Waals surface area contributed by atoms with Gasteiger partial charge in [0.05, 0.1) is 18.5 Å². The quantitative estimate of drug-likeness (QED) is 0.294. The van der Waals surface area contributed by atoms with Gasteiger partial charge in [-0.3, -0.25) is 4.68 Å². The lowest BCUT2D eigenvalue weighted by Crippen LogP contribution is -2.53. The van der Waals surface area contributed by atoms with Crippen molar-refractivity contribution in [2.75, 3.05) is 6.61 Å². The molecule has 3 heterocycles. The fourth-order valence-electron chi connectivity index (χ4n) is 4.44. The highest BCUT2D eigenvalue weighted by Crippen LogP contribution is 2.39. The van der Waals surface area contributed by atoms with Crippen molar-refractivity contribution >= 4 is 27.5 Å². The molecular weight excluding hydrogens is 595 g/mol. The second kappa shape index (κ2) is 10.4. The zero-order valence-electron chi connectivity index (χ0n) is 19.5. The fourth-order valence-corrected chi connectivity index (χ4v) is 5.02. The first kappa shape index (κ1) is 26.8. The molecule has 1 aliphatic heterocycles. The summed E-state index contributed by atoms with van der Waals surface area (Å²) in [5, 5.41) is 41.3. The standard InChI is InChI=1S/C24H20BrClF3N5O4/c1-10-31-24(34(32-10)17-6-13(26)2-3-14(17)25)23-22(37)20(21(36)18(9-35)38-23)33-8-12(7-30-33)11-4-15(27)19(29)16(28)5-11/h2-8,18,20-23,35-37H,9H2,1H3/t18?,20-,21-,22?,23+/m0/s1. The molecule has 0 bridgehead atoms. The molecule has 1 fully saturated rings. The van der Waals surface area contributed by atoms with Gasteiger partial charge in [0.25, 0.3) is 0 Å². The molecule has 0 saturated carbocycles. The Morgan fingerprint density at radius 2 is 1.79 bits per heavy atom. The molecule has 2 unspecified atom stereocenters. The van der Waals surface area contributed by atoms with Crippen LogP contribution in [0.1, 0.15) is 23.8 Å². The van der Waals surface area contributed by atoms with Gasteiger partial charge in [-0.25, -0.2) is 22.8 Å². The SMILES string of the molecule is Cc1nc([C@@H]2OC(CO)[C@H](O)[C@H](n3cc(-c4cc(F)c(F)c(F)c4)cn3)C2O)n(-c2cc(Cl)ccc2Br)n1. The van der Waals surface area contributed by atoms with Crippen molar-refractivity contribution in [3.63, 3.8) is 0 Å². The zero-order valence-corrected chi connectivity index (χ0v) is 21.9. The maximum atomic E-state index is 13.8. The molecule has 1 saturated heterocycles. The van der Waals surface area contributed by atoms with Crippen LogP contribution in [0.15, 0.2) is 47.2 Å². The van der Waals surface area contributed by atoms with E-state index in [1.807, 2.05) is 0 Å². The first-order chi connectivity index (χ1) is 18.1. The number of aliphatic hydroxyl groups excluding tert-OH is 3. The van der Waals surface area contributed by atoms with Crippen molar-refractivity contribution in [1.29, 1.82) is 0 Å². The Morgan fingerprint density at radius 3 is 2.47 bits per heavy atom. The third-order valence-corrected chi connectivity index (χ3v) is 7.15. The van der Waals surface area contributed by atoms with Gasteiger partial charge in [-0.05, 0) is 58.7 Å². The van der Waals surface area contributed by atoms with Gasteiger partial charge in [0.15, 0.2) is 23.3 Å². The summed E-state index contributed by atoms with van der Waals surface area (Å²) < 4.78 is 50.1. The van der Waals surface area contributed by atoms with Gasteiger partial charge < -0.3 is 20.1 Å². The largest absolute Gasteiger partial charge is 0.394 e. The van der Waals surface area contributed by atoms with E-state index in [1.165, 1.54) is 21.8 Å². The van der Waals surface area contributed by atoms with Gasteiger partial charge in [-0.1, -0.05) is 11.6 Å². The monoisotopic (exact) mass is 613 g/mol. The van der Waals surface area contributed by atoms with Crippen molar-refractivity contribution < 1.29 is 33.2 Å². The van der Waals surface area contributed by atoms with Crippen LogP contribution in [0.4, 0.5) is 13.2 Å². The molecule has 5 atom stereocenters. The topological polar surface area (TPSA) is 118 Å². The molecule has 0 spiro atoms. The van der Waals surface area contributed by atoms with Crippen LogP contribution in [0.2, 0.25) is 5.02 Å². The van der Waals surface area contributed by atoms with Crippen molar-refractivity contribution in [2.24, 2.45) is 0 Å². The number of aryl methyl sites for hydroxylation is 1. The zero-order chi connectivity index (χ0) is 27.3. The molecule has 14 heteroatoms. The third-order valence-electron chi connectivity index (χ3n) is 6.25. The molecule has 0 radical (unpaired) electrons. The van der Waals surface area contributed by atoms with Crippen LogP contribution < -0.4 is 0 Å². The molecule has 200 valence electrons. The van der Waals surface area contributed by atoms with E-state index in [0.29, 0.717) is 21.0 Å². The number of hydrogen-bond acceptors (Lipinski definition) is 7. The summed E-state index contributed by atoms with van der Waals surface area (Å²) in [6.45, 7) is 1.04. The molecule has 2 aromatic carbocycles. The summed E-state index contributed by atoms with van der Waals surface area (Å²) in [5.74, 6) is -3.82. The minimum absolute atomic E-state index is 0.000113. The molecule has 38 heavy (non-hydrogen) atoms. The third kappa shape index (κ3) is 4.74. The number of rotatable bonds is 5. The number of aliphatic hydroxyl groups is 3. The van der Waals surface area contributed by atoms with Gasteiger partial charge in [0, 0.05) is 21.3 Å². The van der Waals surface area contributed by atoms with Crippen molar-refractivity contribution in [2.45, 2.75) is 37.4 Å². The van der Waals surface area contributed by atoms with E-state index < -0.39 is 54.5 Å². The molecule has 9 nitrogen and oxygen atoms in total. The van der Waals surface area contributed by atoms with Crippen LogP contribution in [0.5, 0.6) is 0 Å². The van der Waals surface area contributed by atoms with Crippen LogP contribution in [0.25, 0.3) is 16.8 Å². The highest BCUT2D eigenvalue weighted by atomic mass is 79.9. The molecule has 5 rings (SSSR count). The average molecular weight is 615 g/mol. The maximum Gasteiger partial charge on any atom is 0.194 e. The number of halogens is 5. The van der Waals surface area contributed by atoms with Crippen LogP contribution >= 0.6 is 27.5 Å². The van der Waals surface area contributed by atoms with Crippen molar-refractivity contribution in [1.82, 2.24) is 24.5 Å². The smallest absolute Gasteiger partial charge is 0.194 e. The molecule has 4 aromatic rings. The summed E-state index contributed by atoms with van der Waals surface area (Å²) >= 11 is 9.63. The van der Waals surface area contributed by atoms with E-state index >= 15 is 0 Å². The number of hydrogen-bond donors (Lipinski definition) is 3. The summed E-state index contributed by atoms with van der Waals surface area (Å²) in [6.07, 6.45) is -2.67. The number of aromatic nitrogens is 5. The maximum absolute atomic E-state index is 13.8. The Hall–Kier alpha value is -2.81. The Kier molecular flexibility index (Phi) is 7.33. The summed E-state index contributed by atoms with van der Waals surface area (Å²) in [7, 11) is 0. The Labute approximate surface area is 227 Å². The van der Waals surface area contributed by atoms with E-state index in [-0.39, 0.29) is 17.0 Å². The van der Waals surface area contributed by atoms with Crippen molar-refractivity contribution in [3.05, 3.63) is 81.3 Å². The van der Waals surface area contributed by atoms with Gasteiger partial charge in [-0.15, -0.1) is 0 Å². The second-order valence-electron chi connectivity index (χ2n) is 8.74. The minimum atomic E-state index is -1.60. The first-order valence-electron chi connectivity index (χ1n) is 11.3. The molecule has 3 N–H and O–H groups in total. The van der Waals surface area contributed by atoms with Crippen LogP contribution in [-0.4, -0.2) is 64.8 Å². The highest BCUT2D eigenvalue weighted by molar-refractivity contribution is 9.10. The van der Waals surface area contributed by atoms with E-state index in [1.54, 1.807) is 25.1 Å². The fraction of sp³-hybridized carbons (Fsp3) is 0.292. The van der Waals surface area contributed by atoms with Gasteiger partial charge in [0.1, 0.15) is 36.3 Å². The normalized spacial score (nSPS) is 23.7. The summed E-state index contributed by atoms with van der Waals surface area (Å²) in [4.78, 5) is 4.43. The average Bonchev–Trinajstić information content (AvgIpc) is 3.51. The van der Waals surface area contributed by atoms with Crippen LogP contribution in [0.3, 0.4) is 0 Å². The lowest BCUT2D eigenvalue weighted by molar-refractivity contribution is -0.210. The predicted molar refractivity (Wildman–Crippen MR) is 132 cm³/mol. The lowest BCUT2D eigenvalue weighted by Gasteiger charge is -2.41. The van der Waals surface area contributed by atoms with Gasteiger partial charge >= 0.3 is 0 Å². The van der Waals surface area contributed by atoms with E-state index in [2.05, 4.69) is 31.1 Å². The minimum Gasteiger partial charge on any atom is -0.394 e. The Bertz CT molecular complexity index is 1480. The summed E-state index contributed by atoms with van der Waals surface area (Å²) in [5.41, 5.74) is 0.710. The van der Waals surface area contributed by atoms with Crippen LogP contribution in [-0.2, 0) is 4.74 Å². The van der Waals surface area contributed by atoms with E-state index in [0.717, 1.165) is 12.1 Å². The molecule has 2 aromatic heterocycles. The number of nitrogens with zero attached hydrogens (tertiary/aromatic N) is 5. The second-order valence-corrected chi connectivity index (χ2v) is 10.0. The Morgan fingerprint density at radius 1 is 1.08 bits per heavy atom. The number of ether oxygens (including phenoxy) is 1. The molecule has 0 amide bonds. The van der Waals surface area contributed by atoms with Crippen molar-refractivity contribution in [3.8, 4) is 16.8 Å². The van der Waals surface area contributed by atoms with E-state index in [9.17, 15) is 28.5 Å². The first-order valence-corrected chi connectivity index (χ1v) is 12.5. The summed E-state index contributed by atoms with van der Waals surface area (Å²) in [6, 6.07) is 5.46. The highest BCUT2D eigenvalue weighted by Gasteiger charge is 2.48. The number of benzene rings is 2. The molecule has 1 aliphatic rings. The molecular formula is C24H20BrClF3N5O4. The van der Waals surface area contributed by atoms with E-state index in [4.69, 9.17) is 16.3 Å². The molecule has 0 aliphatic carbocycles. The van der Waals surface area contributed by atoms with Gasteiger partial charge in [-0.2, -0.15) is 10.2 Å². The predicted octanol–water partition coefficient (Wildman–Crippen LogP) is 3.67. The van der Waals surface area contributed by atoms with Crippen LogP contribution in [0, 0.1) is 24.4 Å². The van der Waals surface area contributed by atoms with Gasteiger partial charge in [0.2, 0.25) is 0 Å². The Balaban J connectivity index is 1.55. The lowest BCUT2D eigenvalue weighted by atomic mass is 9.92.